The predicted octanol–water partition coefficient (Wildman–Crippen LogP) is 1.34. The van der Waals surface area contributed by atoms with Crippen molar-refractivity contribution in [3.63, 3.8) is 0 Å². The summed E-state index contributed by atoms with van der Waals surface area (Å²) < 4.78 is 0. The van der Waals surface area contributed by atoms with Gasteiger partial charge in [-0.2, -0.15) is 0 Å². The minimum Gasteiger partial charge on any atom is -0.394 e. The van der Waals surface area contributed by atoms with Crippen LogP contribution < -0.4 is 26.7 Å². The van der Waals surface area contributed by atoms with E-state index in [9.17, 15) is 43.5 Å². The number of para-hydroxylation sites is 1. The largest absolute Gasteiger partial charge is 0.394 e. The third-order valence-electron chi connectivity index (χ3n) is 16.1. The molecular formula is C59H88N12O11. The standard InChI is InChI=1S/C59H88N12O11/c1-14-36(6)49-59(82)66(9)38(8)51(74)60-28-26-48(73)70(13)50(35(4)5)54(77)63-37(7)55(78)67(10)45(30-39-21-16-15-17-22-39)52(75)64-43(29-34(2)3)56(79)69(12)47(33-72)58(81)71-44(25-20-27-62-71)57(80)68(11)46(53(76)65-49)31-40-32-61-42-24-19-18-23-41(40)42/h15-19,21-24,32,34-38,43-47,49-50,61-62,72H,14,20,25-31,33H2,1-13H3,(H,60,74)(H,63,77)(H,64,75)(H,65,76)/t36?,37?,38?,43-,44?,45?,46-,47?,49?,50-/m1/s1. The van der Waals surface area contributed by atoms with E-state index < -0.39 is 132 Å². The van der Waals surface area contributed by atoms with E-state index in [0.717, 1.165) is 20.8 Å². The minimum absolute atomic E-state index is 0.00718. The molecule has 2 saturated heterocycles. The molecule has 0 aliphatic carbocycles. The number of nitrogens with zero attached hydrogens (tertiary/aromatic N) is 6. The van der Waals surface area contributed by atoms with Crippen molar-refractivity contribution in [3.05, 3.63) is 71.9 Å². The average Bonchev–Trinajstić information content (AvgIpc) is 3.87. The second-order valence-corrected chi connectivity index (χ2v) is 22.8. The zero-order chi connectivity index (χ0) is 60.9. The highest BCUT2D eigenvalue weighted by Crippen LogP contribution is 2.25. The van der Waals surface area contributed by atoms with Gasteiger partial charge in [0.1, 0.15) is 54.4 Å². The SMILES string of the molecule is CCC(C)C1NC(=O)[C@@H](Cc2c[nH]c3ccccc23)N(C)C(=O)C2CCCNN2C(=O)C(CO)N(C)C(=O)[C@@H](CC(C)C)NC(=O)C(Cc2ccccc2)N(C)C(=O)C(C)NC(=O)[C@@H](C(C)C)N(C)C(=O)CCNC(=O)C(C)N(C)C1=O. The third kappa shape index (κ3) is 15.8. The number of hydrazine groups is 1. The van der Waals surface area contributed by atoms with Crippen molar-refractivity contribution in [2.75, 3.05) is 54.9 Å². The second kappa shape index (κ2) is 29.5. The number of aliphatic hydroxyl groups excluding tert-OH is 1. The smallest absolute Gasteiger partial charge is 0.262 e. The first-order valence-corrected chi connectivity index (χ1v) is 28.5. The number of fused-ring (bicyclic) bond motifs is 2. The van der Waals surface area contributed by atoms with Gasteiger partial charge in [0.2, 0.25) is 53.2 Å². The first-order chi connectivity index (χ1) is 38.7. The van der Waals surface area contributed by atoms with Gasteiger partial charge in [0.25, 0.3) is 5.91 Å². The minimum atomic E-state index is -1.58. The van der Waals surface area contributed by atoms with E-state index >= 15 is 9.59 Å². The number of likely N-dealkylation sites (N-methyl/N-ethyl adjacent to an activating group) is 5. The maximum Gasteiger partial charge on any atom is 0.262 e. The van der Waals surface area contributed by atoms with Gasteiger partial charge in [0.05, 0.1) is 6.61 Å². The molecule has 2 aliphatic rings. The fourth-order valence-electron chi connectivity index (χ4n) is 10.7. The molecule has 7 N–H and O–H groups in total. The number of carbonyl (C=O) groups excluding carboxylic acids is 10. The monoisotopic (exact) mass is 1140 g/mol. The third-order valence-corrected chi connectivity index (χ3v) is 16.1. The Morgan fingerprint density at radius 1 is 0.622 bits per heavy atom. The summed E-state index contributed by atoms with van der Waals surface area (Å²) in [7, 11) is 7.05. The molecule has 5 rings (SSSR count). The zero-order valence-corrected chi connectivity index (χ0v) is 50.0. The van der Waals surface area contributed by atoms with Crippen molar-refractivity contribution in [1.29, 1.82) is 0 Å². The number of carbonyl (C=O) groups is 10. The molecule has 2 aromatic carbocycles. The normalized spacial score (nSPS) is 26.2. The number of aliphatic hydroxyl groups is 1. The van der Waals surface area contributed by atoms with Gasteiger partial charge in [-0.3, -0.25) is 53.0 Å². The molecule has 23 nitrogen and oxygen atoms in total. The molecule has 0 spiro atoms. The number of H-pyrrole nitrogens is 1. The van der Waals surface area contributed by atoms with Crippen LogP contribution in [-0.4, -0.2) is 208 Å². The number of amides is 10. The number of rotatable bonds is 10. The lowest BCUT2D eigenvalue weighted by Crippen LogP contribution is -2.66. The van der Waals surface area contributed by atoms with E-state index in [1.54, 1.807) is 57.3 Å². The van der Waals surface area contributed by atoms with Crippen LogP contribution >= 0.6 is 0 Å². The van der Waals surface area contributed by atoms with Gasteiger partial charge >= 0.3 is 0 Å². The van der Waals surface area contributed by atoms with E-state index in [1.807, 2.05) is 45.0 Å². The van der Waals surface area contributed by atoms with Crippen LogP contribution in [0.1, 0.15) is 98.6 Å². The highest BCUT2D eigenvalue weighted by Gasteiger charge is 2.44. The first kappa shape index (κ1) is 65.4. The first-order valence-electron chi connectivity index (χ1n) is 28.5. The quantitative estimate of drug-likeness (QED) is 0.152. The lowest BCUT2D eigenvalue weighted by Gasteiger charge is -2.41. The summed E-state index contributed by atoms with van der Waals surface area (Å²) in [5.41, 5.74) is 5.15. The number of hydrogen-bond donors (Lipinski definition) is 7. The van der Waals surface area contributed by atoms with Crippen LogP contribution in [0, 0.1) is 17.8 Å². The average molecular weight is 1140 g/mol. The van der Waals surface area contributed by atoms with E-state index in [2.05, 4.69) is 31.7 Å². The Labute approximate surface area is 481 Å². The Balaban J connectivity index is 1.59. The molecule has 3 heterocycles. The molecule has 7 unspecified atom stereocenters. The molecule has 2 fully saturated rings. The number of hydrogen-bond acceptors (Lipinski definition) is 12. The topological polar surface area (TPSA) is 286 Å². The number of aromatic nitrogens is 1. The number of benzene rings is 2. The molecule has 0 bridgehead atoms. The van der Waals surface area contributed by atoms with Gasteiger partial charge in [0.15, 0.2) is 0 Å². The van der Waals surface area contributed by atoms with E-state index in [0.29, 0.717) is 24.0 Å². The number of aromatic amines is 1. The highest BCUT2D eigenvalue weighted by atomic mass is 16.3. The summed E-state index contributed by atoms with van der Waals surface area (Å²) in [4.78, 5) is 154. The van der Waals surface area contributed by atoms with E-state index in [4.69, 9.17) is 0 Å². The van der Waals surface area contributed by atoms with E-state index in [-0.39, 0.29) is 51.1 Å². The highest BCUT2D eigenvalue weighted by molar-refractivity contribution is 5.99. The van der Waals surface area contributed by atoms with Crippen LogP contribution in [-0.2, 0) is 60.8 Å². The lowest BCUT2D eigenvalue weighted by molar-refractivity contribution is -0.160. The molecule has 82 heavy (non-hydrogen) atoms. The maximum absolute atomic E-state index is 15.1. The summed E-state index contributed by atoms with van der Waals surface area (Å²) in [6.45, 7) is 12.9. The molecule has 23 heteroatoms. The Morgan fingerprint density at radius 2 is 1.23 bits per heavy atom. The van der Waals surface area contributed by atoms with Crippen LogP contribution in [0.25, 0.3) is 10.9 Å². The Kier molecular flexibility index (Phi) is 23.6. The fourth-order valence-corrected chi connectivity index (χ4v) is 10.7. The van der Waals surface area contributed by atoms with E-state index in [1.165, 1.54) is 68.7 Å². The molecule has 1 aromatic heterocycles. The van der Waals surface area contributed by atoms with Gasteiger partial charge in [-0.15, -0.1) is 0 Å². The molecule has 450 valence electrons. The molecule has 2 aliphatic heterocycles. The summed E-state index contributed by atoms with van der Waals surface area (Å²) in [6.07, 6.45) is 2.53. The van der Waals surface area contributed by atoms with Gasteiger partial charge in [-0.05, 0) is 68.1 Å². The molecule has 0 radical (unpaired) electrons. The molecule has 10 atom stereocenters. The lowest BCUT2D eigenvalue weighted by atomic mass is 9.95. The summed E-state index contributed by atoms with van der Waals surface area (Å²) in [5.74, 6) is -7.75. The predicted molar refractivity (Wildman–Crippen MR) is 308 cm³/mol. The summed E-state index contributed by atoms with van der Waals surface area (Å²) in [5, 5.41) is 24.1. The van der Waals surface area contributed by atoms with Crippen molar-refractivity contribution in [2.45, 2.75) is 155 Å². The fraction of sp³-hybridized carbons (Fsp3) is 0.593. The maximum atomic E-state index is 15.1. The second-order valence-electron chi connectivity index (χ2n) is 22.8. The van der Waals surface area contributed by atoms with Crippen LogP contribution in [0.4, 0.5) is 0 Å². The van der Waals surface area contributed by atoms with Crippen molar-refractivity contribution in [1.82, 2.24) is 61.2 Å². The van der Waals surface area contributed by atoms with Gasteiger partial charge in [-0.1, -0.05) is 96.5 Å². The molecular weight excluding hydrogens is 1050 g/mol. The molecule has 0 saturated carbocycles. The number of nitrogens with one attached hydrogen (secondary N) is 6. The summed E-state index contributed by atoms with van der Waals surface area (Å²) >= 11 is 0. The Morgan fingerprint density at radius 3 is 1.87 bits per heavy atom. The Bertz CT molecular complexity index is 2750. The van der Waals surface area contributed by atoms with Crippen LogP contribution in [0.15, 0.2) is 60.8 Å². The Hall–Kier alpha value is -7.40. The van der Waals surface area contributed by atoms with Crippen molar-refractivity contribution in [3.8, 4) is 0 Å². The van der Waals surface area contributed by atoms with Crippen molar-refractivity contribution >= 4 is 70.0 Å². The van der Waals surface area contributed by atoms with Crippen LogP contribution in [0.5, 0.6) is 0 Å². The summed E-state index contributed by atoms with van der Waals surface area (Å²) in [6, 6.07) is 5.13. The van der Waals surface area contributed by atoms with Crippen LogP contribution in [0.3, 0.4) is 0 Å². The van der Waals surface area contributed by atoms with Gasteiger partial charge < -0.3 is 55.9 Å². The zero-order valence-electron chi connectivity index (χ0n) is 50.0. The molecule has 10 amide bonds. The molecule has 3 aromatic rings. The van der Waals surface area contributed by atoms with Crippen molar-refractivity contribution < 1.29 is 53.1 Å². The van der Waals surface area contributed by atoms with Gasteiger partial charge in [0, 0.05) is 84.7 Å². The van der Waals surface area contributed by atoms with Gasteiger partial charge in [-0.25, -0.2) is 5.43 Å². The van der Waals surface area contributed by atoms with Crippen molar-refractivity contribution in [2.24, 2.45) is 17.8 Å². The van der Waals surface area contributed by atoms with Crippen LogP contribution in [0.2, 0.25) is 0 Å².